The Morgan fingerprint density at radius 3 is 2.47 bits per heavy atom. The second-order valence-electron chi connectivity index (χ2n) is 6.90. The number of carbonyl (C=O) groups excluding carboxylic acids is 1. The molecule has 0 unspecified atom stereocenters. The molecule has 0 aliphatic carbocycles. The molecule has 0 saturated carbocycles. The Kier molecular flexibility index (Phi) is 6.86. The van der Waals surface area contributed by atoms with Gasteiger partial charge in [-0.15, -0.1) is 0 Å². The van der Waals surface area contributed by atoms with Gasteiger partial charge in [0.25, 0.3) is 0 Å². The quantitative estimate of drug-likeness (QED) is 0.695. The average Bonchev–Trinajstić information content (AvgIpc) is 2.75. The van der Waals surface area contributed by atoms with E-state index in [-0.39, 0.29) is 36.0 Å². The zero-order valence-electron chi connectivity index (χ0n) is 16.5. The number of hydrogen-bond acceptors (Lipinski definition) is 7. The molecular weight excluding hydrogens is 394 g/mol. The SMILES string of the molecule is COCc1cc(=O)c(O)c([C@@H](CC(=O)N2CCOCC2)c2ccc(C(=O)O)cc2)o1. The summed E-state index contributed by atoms with van der Waals surface area (Å²) in [4.78, 5) is 37.9. The number of hydrogen-bond donors (Lipinski definition) is 2. The Morgan fingerprint density at radius 1 is 1.20 bits per heavy atom. The third-order valence-electron chi connectivity index (χ3n) is 4.91. The Bertz CT molecular complexity index is 960. The zero-order chi connectivity index (χ0) is 21.7. The van der Waals surface area contributed by atoms with Crippen molar-refractivity contribution in [1.29, 1.82) is 0 Å². The number of carbonyl (C=O) groups is 2. The first-order chi connectivity index (χ1) is 14.4. The van der Waals surface area contributed by atoms with Crippen LogP contribution in [0.2, 0.25) is 0 Å². The van der Waals surface area contributed by atoms with Crippen LogP contribution in [-0.4, -0.2) is 60.4 Å². The number of aromatic carboxylic acids is 1. The van der Waals surface area contributed by atoms with Crippen molar-refractivity contribution < 1.29 is 33.7 Å². The highest BCUT2D eigenvalue weighted by Crippen LogP contribution is 2.34. The summed E-state index contributed by atoms with van der Waals surface area (Å²) in [7, 11) is 1.44. The van der Waals surface area contributed by atoms with Crippen LogP contribution in [0.25, 0.3) is 0 Å². The number of carboxylic acids is 1. The van der Waals surface area contributed by atoms with Crippen LogP contribution in [0.3, 0.4) is 0 Å². The number of benzene rings is 1. The summed E-state index contributed by atoms with van der Waals surface area (Å²) in [5.74, 6) is -2.49. The molecule has 1 saturated heterocycles. The Balaban J connectivity index is 2.01. The van der Waals surface area contributed by atoms with Crippen molar-refractivity contribution in [3.05, 3.63) is 63.2 Å². The molecule has 2 heterocycles. The number of amides is 1. The zero-order valence-corrected chi connectivity index (χ0v) is 16.5. The van der Waals surface area contributed by atoms with Crippen LogP contribution in [0.1, 0.15) is 39.8 Å². The lowest BCUT2D eigenvalue weighted by Gasteiger charge is -2.28. The first-order valence-electron chi connectivity index (χ1n) is 9.44. The predicted molar refractivity (Wildman–Crippen MR) is 105 cm³/mol. The van der Waals surface area contributed by atoms with Crippen LogP contribution in [0.4, 0.5) is 0 Å². The fraction of sp³-hybridized carbons (Fsp3) is 0.381. The first-order valence-corrected chi connectivity index (χ1v) is 9.44. The molecule has 30 heavy (non-hydrogen) atoms. The normalized spacial score (nSPS) is 15.0. The largest absolute Gasteiger partial charge is 0.502 e. The molecule has 1 atom stereocenters. The summed E-state index contributed by atoms with van der Waals surface area (Å²) < 4.78 is 16.0. The monoisotopic (exact) mass is 417 g/mol. The van der Waals surface area contributed by atoms with Gasteiger partial charge in [0, 0.05) is 32.7 Å². The van der Waals surface area contributed by atoms with E-state index in [2.05, 4.69) is 0 Å². The van der Waals surface area contributed by atoms with Gasteiger partial charge in [-0.25, -0.2) is 4.79 Å². The van der Waals surface area contributed by atoms with E-state index in [1.807, 2.05) is 0 Å². The lowest BCUT2D eigenvalue weighted by molar-refractivity contribution is -0.135. The van der Waals surface area contributed by atoms with E-state index in [0.29, 0.717) is 31.9 Å². The summed E-state index contributed by atoms with van der Waals surface area (Å²) in [5, 5.41) is 19.5. The van der Waals surface area contributed by atoms with Crippen LogP contribution in [0.5, 0.6) is 5.75 Å². The van der Waals surface area contributed by atoms with Crippen molar-refractivity contribution in [2.45, 2.75) is 18.9 Å². The molecule has 0 radical (unpaired) electrons. The van der Waals surface area contributed by atoms with E-state index < -0.39 is 23.1 Å². The second-order valence-corrected chi connectivity index (χ2v) is 6.90. The maximum absolute atomic E-state index is 12.9. The first kappa shape index (κ1) is 21.5. The molecule has 9 heteroatoms. The van der Waals surface area contributed by atoms with Gasteiger partial charge in [-0.2, -0.15) is 0 Å². The van der Waals surface area contributed by atoms with Crippen molar-refractivity contribution >= 4 is 11.9 Å². The third-order valence-corrected chi connectivity index (χ3v) is 4.91. The van der Waals surface area contributed by atoms with E-state index in [9.17, 15) is 19.5 Å². The molecule has 9 nitrogen and oxygen atoms in total. The molecule has 1 aliphatic rings. The van der Waals surface area contributed by atoms with Crippen LogP contribution < -0.4 is 5.43 Å². The molecule has 0 bridgehead atoms. The Hall–Kier alpha value is -3.17. The summed E-state index contributed by atoms with van der Waals surface area (Å²) in [6.07, 6.45) is -0.0701. The van der Waals surface area contributed by atoms with Gasteiger partial charge in [0.05, 0.1) is 24.7 Å². The van der Waals surface area contributed by atoms with Crippen LogP contribution >= 0.6 is 0 Å². The molecule has 1 aromatic carbocycles. The predicted octanol–water partition coefficient (Wildman–Crippen LogP) is 1.57. The number of rotatable bonds is 7. The molecule has 1 amide bonds. The van der Waals surface area contributed by atoms with E-state index >= 15 is 0 Å². The highest BCUT2D eigenvalue weighted by atomic mass is 16.5. The minimum atomic E-state index is -1.08. The number of methoxy groups -OCH3 is 1. The van der Waals surface area contributed by atoms with E-state index in [1.54, 1.807) is 17.0 Å². The minimum Gasteiger partial charge on any atom is -0.502 e. The van der Waals surface area contributed by atoms with Gasteiger partial charge >= 0.3 is 5.97 Å². The molecule has 0 spiro atoms. The number of carboxylic acid groups (broad SMARTS) is 1. The van der Waals surface area contributed by atoms with Crippen molar-refractivity contribution in [3.8, 4) is 5.75 Å². The van der Waals surface area contributed by atoms with Gasteiger partial charge in [0.2, 0.25) is 17.1 Å². The molecule has 1 aromatic heterocycles. The molecule has 2 aromatic rings. The highest BCUT2D eigenvalue weighted by Gasteiger charge is 2.29. The van der Waals surface area contributed by atoms with Gasteiger partial charge in [0.1, 0.15) is 12.4 Å². The Morgan fingerprint density at radius 2 is 1.87 bits per heavy atom. The topological polar surface area (TPSA) is 127 Å². The summed E-state index contributed by atoms with van der Waals surface area (Å²) >= 11 is 0. The smallest absolute Gasteiger partial charge is 0.335 e. The van der Waals surface area contributed by atoms with Crippen molar-refractivity contribution in [3.63, 3.8) is 0 Å². The average molecular weight is 417 g/mol. The molecule has 2 N–H and O–H groups in total. The number of ether oxygens (including phenoxy) is 2. The van der Waals surface area contributed by atoms with Gasteiger partial charge in [-0.3, -0.25) is 9.59 Å². The highest BCUT2D eigenvalue weighted by molar-refractivity contribution is 5.87. The lowest BCUT2D eigenvalue weighted by Crippen LogP contribution is -2.41. The minimum absolute atomic E-state index is 0.0185. The van der Waals surface area contributed by atoms with Crippen molar-refractivity contribution in [1.82, 2.24) is 4.90 Å². The van der Waals surface area contributed by atoms with E-state index in [0.717, 1.165) is 6.07 Å². The standard InChI is InChI=1S/C21H23NO8/c1-28-12-15-10-17(23)19(25)20(30-15)16(11-18(24)22-6-8-29-9-7-22)13-2-4-14(5-3-13)21(26)27/h2-5,10,16,25H,6-9,11-12H2,1H3,(H,26,27)/t16-/m0/s1. The van der Waals surface area contributed by atoms with Gasteiger partial charge in [-0.1, -0.05) is 12.1 Å². The fourth-order valence-corrected chi connectivity index (χ4v) is 3.34. The van der Waals surface area contributed by atoms with Crippen LogP contribution in [-0.2, 0) is 20.9 Å². The number of aromatic hydroxyl groups is 1. The van der Waals surface area contributed by atoms with Crippen LogP contribution in [0.15, 0.2) is 39.5 Å². The van der Waals surface area contributed by atoms with Gasteiger partial charge < -0.3 is 29.0 Å². The lowest BCUT2D eigenvalue weighted by atomic mass is 9.91. The third kappa shape index (κ3) is 4.87. The Labute approximate surface area is 172 Å². The van der Waals surface area contributed by atoms with E-state index in [1.165, 1.54) is 19.2 Å². The van der Waals surface area contributed by atoms with Crippen LogP contribution in [0, 0.1) is 0 Å². The summed E-state index contributed by atoms with van der Waals surface area (Å²) in [6, 6.07) is 7.03. The van der Waals surface area contributed by atoms with Crippen molar-refractivity contribution in [2.24, 2.45) is 0 Å². The molecule has 160 valence electrons. The number of morpholine rings is 1. The summed E-state index contributed by atoms with van der Waals surface area (Å²) in [5.41, 5.74) is -0.0280. The molecule has 1 fully saturated rings. The molecule has 3 rings (SSSR count). The molecule has 1 aliphatic heterocycles. The fourth-order valence-electron chi connectivity index (χ4n) is 3.34. The second kappa shape index (κ2) is 9.55. The number of nitrogens with zero attached hydrogens (tertiary/aromatic N) is 1. The van der Waals surface area contributed by atoms with Crippen molar-refractivity contribution in [2.75, 3.05) is 33.4 Å². The maximum atomic E-state index is 12.9. The molecular formula is C21H23NO8. The van der Waals surface area contributed by atoms with Gasteiger partial charge in [0.15, 0.2) is 5.76 Å². The maximum Gasteiger partial charge on any atom is 0.335 e. The van der Waals surface area contributed by atoms with E-state index in [4.69, 9.17) is 19.0 Å². The van der Waals surface area contributed by atoms with Gasteiger partial charge in [-0.05, 0) is 17.7 Å². The summed E-state index contributed by atoms with van der Waals surface area (Å²) in [6.45, 7) is 1.79.